The molecule has 2 aliphatic heterocycles. The Labute approximate surface area is 112 Å². The van der Waals surface area contributed by atoms with Crippen molar-refractivity contribution in [2.45, 2.75) is 11.7 Å². The predicted octanol–water partition coefficient (Wildman–Crippen LogP) is 2.31. The second-order valence-corrected chi connectivity index (χ2v) is 6.18. The fourth-order valence-corrected chi connectivity index (χ4v) is 3.54. The van der Waals surface area contributed by atoms with Gasteiger partial charge in [-0.1, -0.05) is 39.8 Å². The molecule has 0 radical (unpaired) electrons. The number of nitrogens with zero attached hydrogens (tertiary/aromatic N) is 2. The summed E-state index contributed by atoms with van der Waals surface area (Å²) in [6.07, 6.45) is 0.784. The lowest BCUT2D eigenvalue weighted by molar-refractivity contribution is -0.125. The van der Waals surface area contributed by atoms with Crippen molar-refractivity contribution in [3.05, 3.63) is 34.3 Å². The molecule has 0 N–H and O–H groups in total. The van der Waals surface area contributed by atoms with Crippen LogP contribution in [0.5, 0.6) is 0 Å². The highest BCUT2D eigenvalue weighted by atomic mass is 79.9. The highest BCUT2D eigenvalue weighted by molar-refractivity contribution is 9.10. The number of thioether (sulfide) groups is 1. The van der Waals surface area contributed by atoms with Crippen LogP contribution in [-0.4, -0.2) is 34.3 Å². The quantitative estimate of drug-likeness (QED) is 0.839. The van der Waals surface area contributed by atoms with E-state index < -0.39 is 0 Å². The molecule has 0 bridgehead atoms. The number of hydrogen-bond acceptors (Lipinski definition) is 3. The van der Waals surface area contributed by atoms with Gasteiger partial charge in [0.15, 0.2) is 5.17 Å². The van der Waals surface area contributed by atoms with Crippen molar-refractivity contribution >= 4 is 38.8 Å². The number of carbonyl (C=O) groups excluding carboxylic acids is 1. The maximum atomic E-state index is 12.1. The van der Waals surface area contributed by atoms with Crippen LogP contribution < -0.4 is 0 Å². The van der Waals surface area contributed by atoms with Gasteiger partial charge in [0, 0.05) is 11.0 Å². The maximum Gasteiger partial charge on any atom is 0.242 e. The molecule has 3 nitrogen and oxygen atoms in total. The minimum atomic E-state index is 0.00947. The van der Waals surface area contributed by atoms with Crippen molar-refractivity contribution in [1.29, 1.82) is 0 Å². The summed E-state index contributed by atoms with van der Waals surface area (Å²) in [5, 5.41) is 0.923. The fourth-order valence-electron chi connectivity index (χ4n) is 2.05. The first-order valence-electron chi connectivity index (χ1n) is 5.51. The lowest BCUT2D eigenvalue weighted by atomic mass is 10.1. The third kappa shape index (κ3) is 2.13. The lowest BCUT2D eigenvalue weighted by Gasteiger charge is -2.10. The second-order valence-electron chi connectivity index (χ2n) is 4.09. The second kappa shape index (κ2) is 4.46. The topological polar surface area (TPSA) is 32.7 Å². The molecule has 1 aromatic rings. The van der Waals surface area contributed by atoms with Gasteiger partial charge in [-0.3, -0.25) is 14.7 Å². The monoisotopic (exact) mass is 310 g/mol. The summed E-state index contributed by atoms with van der Waals surface area (Å²) < 4.78 is 1.07. The van der Waals surface area contributed by atoms with Gasteiger partial charge >= 0.3 is 0 Å². The first kappa shape index (κ1) is 11.3. The van der Waals surface area contributed by atoms with Gasteiger partial charge in [-0.2, -0.15) is 0 Å². The molecule has 1 saturated heterocycles. The molecular formula is C12H11BrN2OS. The maximum absolute atomic E-state index is 12.1. The first-order chi connectivity index (χ1) is 8.24. The number of benzene rings is 1. The molecule has 88 valence electrons. The van der Waals surface area contributed by atoms with Crippen LogP contribution in [0.4, 0.5) is 0 Å². The van der Waals surface area contributed by atoms with E-state index in [0.717, 1.165) is 29.2 Å². The molecule has 2 heterocycles. The van der Waals surface area contributed by atoms with Crippen molar-refractivity contribution < 1.29 is 4.79 Å². The molecule has 1 amide bonds. The van der Waals surface area contributed by atoms with E-state index in [9.17, 15) is 4.79 Å². The minimum Gasteiger partial charge on any atom is -0.289 e. The molecule has 0 spiro atoms. The normalized spacial score (nSPS) is 22.9. The average Bonchev–Trinajstić information content (AvgIpc) is 2.87. The Balaban J connectivity index is 1.74. The molecule has 0 saturated carbocycles. The van der Waals surface area contributed by atoms with E-state index in [2.05, 4.69) is 33.1 Å². The van der Waals surface area contributed by atoms with E-state index in [-0.39, 0.29) is 11.2 Å². The van der Waals surface area contributed by atoms with E-state index in [4.69, 9.17) is 0 Å². The molecule has 0 aliphatic carbocycles. The largest absolute Gasteiger partial charge is 0.289 e. The molecule has 2 aliphatic rings. The zero-order chi connectivity index (χ0) is 11.8. The first-order valence-corrected chi connectivity index (χ1v) is 7.18. The predicted molar refractivity (Wildman–Crippen MR) is 73.2 cm³/mol. The Morgan fingerprint density at radius 1 is 1.41 bits per heavy atom. The summed E-state index contributed by atoms with van der Waals surface area (Å²) in [7, 11) is 0. The zero-order valence-electron chi connectivity index (χ0n) is 9.10. The lowest BCUT2D eigenvalue weighted by Crippen LogP contribution is -2.31. The van der Waals surface area contributed by atoms with Crippen LogP contribution in [0.15, 0.2) is 33.7 Å². The molecule has 5 heteroatoms. The van der Waals surface area contributed by atoms with Gasteiger partial charge in [-0.15, -0.1) is 0 Å². The summed E-state index contributed by atoms with van der Waals surface area (Å²) in [4.78, 5) is 18.2. The summed E-state index contributed by atoms with van der Waals surface area (Å²) in [5.74, 6) is 0.217. The number of halogens is 1. The Hall–Kier alpha value is -0.810. The van der Waals surface area contributed by atoms with Gasteiger partial charge in [0.25, 0.3) is 0 Å². The third-order valence-electron chi connectivity index (χ3n) is 2.93. The smallest absolute Gasteiger partial charge is 0.242 e. The number of aliphatic imine (C=N–C) groups is 1. The summed E-state index contributed by atoms with van der Waals surface area (Å²) >= 11 is 5.01. The standard InChI is InChI=1S/C12H11BrN2OS/c13-9-3-1-8(2-4-9)7-10-11(16)15-6-5-14-12(15)17-10/h1-4,10H,5-7H2. The number of amides is 1. The molecule has 3 rings (SSSR count). The highest BCUT2D eigenvalue weighted by Gasteiger charge is 2.39. The SMILES string of the molecule is O=C1C(Cc2ccc(Br)cc2)SC2=NCCN12. The number of hydrogen-bond donors (Lipinski definition) is 0. The third-order valence-corrected chi connectivity index (χ3v) is 4.67. The molecular weight excluding hydrogens is 300 g/mol. The van der Waals surface area contributed by atoms with Gasteiger partial charge in [0.2, 0.25) is 5.91 Å². The van der Waals surface area contributed by atoms with Crippen LogP contribution in [0.3, 0.4) is 0 Å². The molecule has 0 aromatic heterocycles. The number of amidine groups is 1. The van der Waals surface area contributed by atoms with E-state index in [1.165, 1.54) is 5.56 Å². The van der Waals surface area contributed by atoms with Crippen LogP contribution in [0.1, 0.15) is 5.56 Å². The minimum absolute atomic E-state index is 0.00947. The number of fused-ring (bicyclic) bond motifs is 1. The molecule has 1 fully saturated rings. The van der Waals surface area contributed by atoms with Crippen molar-refractivity contribution in [3.63, 3.8) is 0 Å². The van der Waals surface area contributed by atoms with Crippen molar-refractivity contribution in [3.8, 4) is 0 Å². The van der Waals surface area contributed by atoms with Crippen molar-refractivity contribution in [2.75, 3.05) is 13.1 Å². The van der Waals surface area contributed by atoms with E-state index in [1.807, 2.05) is 17.0 Å². The van der Waals surface area contributed by atoms with Gasteiger partial charge in [-0.25, -0.2) is 0 Å². The molecule has 1 unspecified atom stereocenters. The summed E-state index contributed by atoms with van der Waals surface area (Å²) in [6, 6.07) is 8.14. The van der Waals surface area contributed by atoms with Gasteiger partial charge in [-0.05, 0) is 24.1 Å². The summed E-state index contributed by atoms with van der Waals surface area (Å²) in [6.45, 7) is 1.52. The Morgan fingerprint density at radius 2 is 2.18 bits per heavy atom. The summed E-state index contributed by atoms with van der Waals surface area (Å²) in [5.41, 5.74) is 1.20. The van der Waals surface area contributed by atoms with Gasteiger partial charge < -0.3 is 0 Å². The van der Waals surface area contributed by atoms with Crippen LogP contribution in [-0.2, 0) is 11.2 Å². The fraction of sp³-hybridized carbons (Fsp3) is 0.333. The van der Waals surface area contributed by atoms with E-state index in [1.54, 1.807) is 11.8 Å². The molecule has 1 atom stereocenters. The van der Waals surface area contributed by atoms with Gasteiger partial charge in [0.05, 0.1) is 11.8 Å². The van der Waals surface area contributed by atoms with Crippen LogP contribution >= 0.6 is 27.7 Å². The number of rotatable bonds is 2. The van der Waals surface area contributed by atoms with Gasteiger partial charge in [0.1, 0.15) is 0 Å². The number of carbonyl (C=O) groups is 1. The highest BCUT2D eigenvalue weighted by Crippen LogP contribution is 2.31. The Morgan fingerprint density at radius 3 is 2.88 bits per heavy atom. The zero-order valence-corrected chi connectivity index (χ0v) is 11.5. The Bertz CT molecular complexity index is 486. The van der Waals surface area contributed by atoms with Crippen LogP contribution in [0.25, 0.3) is 0 Å². The van der Waals surface area contributed by atoms with Crippen LogP contribution in [0.2, 0.25) is 0 Å². The van der Waals surface area contributed by atoms with Crippen LogP contribution in [0, 0.1) is 0 Å². The molecule has 17 heavy (non-hydrogen) atoms. The Kier molecular flexibility index (Phi) is 2.96. The van der Waals surface area contributed by atoms with E-state index in [0.29, 0.717) is 0 Å². The van der Waals surface area contributed by atoms with E-state index >= 15 is 0 Å². The molecule has 1 aromatic carbocycles. The van der Waals surface area contributed by atoms with Crippen molar-refractivity contribution in [1.82, 2.24) is 4.90 Å². The van der Waals surface area contributed by atoms with Crippen molar-refractivity contribution in [2.24, 2.45) is 4.99 Å². The average molecular weight is 311 g/mol.